The monoisotopic (exact) mass is 546 g/mol. The van der Waals surface area contributed by atoms with E-state index in [4.69, 9.17) is 0 Å². The molecule has 0 atom stereocenters. The molecule has 0 aliphatic rings. The van der Waals surface area contributed by atoms with Crippen LogP contribution in [0.2, 0.25) is 0 Å². The topological polar surface area (TPSA) is 0 Å². The zero-order valence-corrected chi connectivity index (χ0v) is 18.0. The van der Waals surface area contributed by atoms with Gasteiger partial charge in [-0.2, -0.15) is 0 Å². The van der Waals surface area contributed by atoms with Crippen molar-refractivity contribution in [2.45, 2.75) is 0 Å². The molecule has 0 bridgehead atoms. The van der Waals surface area contributed by atoms with Gasteiger partial charge in [-0.1, -0.05) is 0 Å². The smallest absolute Gasteiger partial charge is 0.198 e. The van der Waals surface area contributed by atoms with Crippen molar-refractivity contribution in [1.82, 2.24) is 0 Å². The van der Waals surface area contributed by atoms with E-state index in [1.807, 2.05) is 0 Å². The van der Waals surface area contributed by atoms with Crippen LogP contribution in [0, 0.1) is 69.8 Å². The highest BCUT2D eigenvalue weighted by Crippen LogP contribution is 2.49. The number of hydrogen-bond acceptors (Lipinski definition) is 0. The Bertz CT molecular complexity index is 1630. The normalized spacial score (nSPS) is 11.7. The SMILES string of the molecule is Fc1ccc(-c2c3c(F)c(F)c(F)c(F)c3c(-c3ccc(F)cc3F)c3c(F)c(F)c(F)c(F)c23)c(F)c1. The second-order valence-corrected chi connectivity index (χ2v) is 8.01. The van der Waals surface area contributed by atoms with Crippen molar-refractivity contribution < 1.29 is 52.7 Å². The Morgan fingerprint density at radius 1 is 0.316 bits per heavy atom. The van der Waals surface area contributed by atoms with E-state index >= 15 is 17.6 Å². The van der Waals surface area contributed by atoms with Crippen molar-refractivity contribution >= 4 is 21.5 Å². The molecule has 0 aliphatic heterocycles. The average molecular weight is 546 g/mol. The minimum absolute atomic E-state index is 0.142. The molecule has 0 N–H and O–H groups in total. The fourth-order valence-corrected chi connectivity index (χ4v) is 4.38. The maximum Gasteiger partial charge on any atom is 0.198 e. The standard InChI is InChI=1S/C26H6F12/c27-7-1-3-9(11(29)5-7)13-15-17(21(33)25(37)23(35)19(15)31)14(10-4-2-8(28)6-12(10)30)18-16(13)20(32)24(36)26(38)22(18)34/h1-6H. The average Bonchev–Trinajstić information content (AvgIpc) is 2.87. The molecule has 0 radical (unpaired) electrons. The predicted molar refractivity (Wildman–Crippen MR) is 112 cm³/mol. The Balaban J connectivity index is 2.26. The minimum Gasteiger partial charge on any atom is -0.207 e. The lowest BCUT2D eigenvalue weighted by molar-refractivity contribution is 0.416. The van der Waals surface area contributed by atoms with Gasteiger partial charge >= 0.3 is 0 Å². The Hall–Kier alpha value is -4.22. The van der Waals surface area contributed by atoms with Crippen LogP contribution in [-0.4, -0.2) is 0 Å². The van der Waals surface area contributed by atoms with Crippen molar-refractivity contribution in [3.63, 3.8) is 0 Å². The van der Waals surface area contributed by atoms with E-state index in [-0.39, 0.29) is 12.1 Å². The molecule has 12 heteroatoms. The van der Waals surface area contributed by atoms with Crippen LogP contribution in [0.5, 0.6) is 0 Å². The Kier molecular flexibility index (Phi) is 5.80. The molecular formula is C26H6F12. The van der Waals surface area contributed by atoms with Gasteiger partial charge in [0.25, 0.3) is 0 Å². The molecule has 0 nitrogen and oxygen atoms in total. The minimum atomic E-state index is -2.54. The summed E-state index contributed by atoms with van der Waals surface area (Å²) in [5, 5.41) is -6.21. The molecule has 0 spiro atoms. The lowest BCUT2D eigenvalue weighted by Crippen LogP contribution is -2.07. The largest absolute Gasteiger partial charge is 0.207 e. The van der Waals surface area contributed by atoms with Crippen LogP contribution in [0.15, 0.2) is 36.4 Å². The molecular weight excluding hydrogens is 540 g/mol. The van der Waals surface area contributed by atoms with Gasteiger partial charge in [0.15, 0.2) is 46.5 Å². The van der Waals surface area contributed by atoms with Gasteiger partial charge < -0.3 is 0 Å². The lowest BCUT2D eigenvalue weighted by atomic mass is 9.84. The molecule has 0 heterocycles. The third kappa shape index (κ3) is 3.42. The van der Waals surface area contributed by atoms with Crippen molar-refractivity contribution in [3.8, 4) is 22.3 Å². The number of hydrogen-bond donors (Lipinski definition) is 0. The van der Waals surface area contributed by atoms with Crippen LogP contribution in [0.3, 0.4) is 0 Å². The summed E-state index contributed by atoms with van der Waals surface area (Å²) in [5.41, 5.74) is -4.93. The Labute approximate surface area is 203 Å². The third-order valence-electron chi connectivity index (χ3n) is 5.94. The van der Waals surface area contributed by atoms with Gasteiger partial charge in [0.1, 0.15) is 23.3 Å². The lowest BCUT2D eigenvalue weighted by Gasteiger charge is -2.21. The predicted octanol–water partition coefficient (Wildman–Crippen LogP) is 9.00. The van der Waals surface area contributed by atoms with Crippen molar-refractivity contribution in [2.75, 3.05) is 0 Å². The maximum atomic E-state index is 15.3. The molecule has 0 aliphatic carbocycles. The Morgan fingerprint density at radius 2 is 0.579 bits per heavy atom. The summed E-state index contributed by atoms with van der Waals surface area (Å²) in [7, 11) is 0. The van der Waals surface area contributed by atoms with Crippen molar-refractivity contribution in [3.05, 3.63) is 106 Å². The molecule has 5 aromatic rings. The molecule has 0 fully saturated rings. The molecule has 194 valence electrons. The first-order valence-electron chi connectivity index (χ1n) is 10.2. The first kappa shape index (κ1) is 25.4. The van der Waals surface area contributed by atoms with Gasteiger partial charge in [0.05, 0.1) is 0 Å². The van der Waals surface area contributed by atoms with E-state index in [9.17, 15) is 35.1 Å². The highest BCUT2D eigenvalue weighted by Gasteiger charge is 2.34. The van der Waals surface area contributed by atoms with E-state index in [0.717, 1.165) is 0 Å². The highest BCUT2D eigenvalue weighted by atomic mass is 19.2. The van der Waals surface area contributed by atoms with Crippen LogP contribution in [0.1, 0.15) is 0 Å². The molecule has 0 saturated heterocycles. The number of rotatable bonds is 2. The third-order valence-corrected chi connectivity index (χ3v) is 5.94. The Morgan fingerprint density at radius 3 is 0.816 bits per heavy atom. The van der Waals surface area contributed by atoms with Crippen LogP contribution in [0.4, 0.5) is 52.7 Å². The summed E-state index contributed by atoms with van der Waals surface area (Å²) >= 11 is 0. The molecule has 0 amide bonds. The van der Waals surface area contributed by atoms with E-state index in [0.29, 0.717) is 24.3 Å². The summed E-state index contributed by atoms with van der Waals surface area (Å²) in [6.07, 6.45) is 0. The van der Waals surface area contributed by atoms with E-state index in [2.05, 4.69) is 0 Å². The molecule has 0 aromatic heterocycles. The van der Waals surface area contributed by atoms with E-state index in [1.54, 1.807) is 0 Å². The van der Waals surface area contributed by atoms with Crippen LogP contribution in [0.25, 0.3) is 43.8 Å². The number of halogens is 12. The van der Waals surface area contributed by atoms with Crippen LogP contribution < -0.4 is 0 Å². The second-order valence-electron chi connectivity index (χ2n) is 8.01. The van der Waals surface area contributed by atoms with Gasteiger partial charge in [0, 0.05) is 55.9 Å². The first-order valence-corrected chi connectivity index (χ1v) is 10.2. The van der Waals surface area contributed by atoms with Gasteiger partial charge in [-0.3, -0.25) is 0 Å². The van der Waals surface area contributed by atoms with Gasteiger partial charge in [0.2, 0.25) is 0 Å². The summed E-state index contributed by atoms with van der Waals surface area (Å²) in [4.78, 5) is 0. The molecule has 5 aromatic carbocycles. The van der Waals surface area contributed by atoms with E-state index in [1.165, 1.54) is 0 Å². The zero-order valence-electron chi connectivity index (χ0n) is 18.0. The molecule has 5 rings (SSSR count). The number of fused-ring (bicyclic) bond motifs is 2. The van der Waals surface area contributed by atoms with E-state index < -0.39 is 114 Å². The quantitative estimate of drug-likeness (QED) is 0.0898. The van der Waals surface area contributed by atoms with Gasteiger partial charge in [-0.05, 0) is 24.3 Å². The van der Waals surface area contributed by atoms with Crippen molar-refractivity contribution in [2.24, 2.45) is 0 Å². The molecule has 0 saturated carbocycles. The summed E-state index contributed by atoms with van der Waals surface area (Å²) in [5.74, 6) is -25.3. The maximum absolute atomic E-state index is 15.3. The summed E-state index contributed by atoms with van der Waals surface area (Å²) in [6, 6.07) is 2.26. The fourth-order valence-electron chi connectivity index (χ4n) is 4.38. The molecule has 0 unspecified atom stereocenters. The van der Waals surface area contributed by atoms with Gasteiger partial charge in [-0.15, -0.1) is 0 Å². The number of benzene rings is 5. The summed E-state index contributed by atoms with van der Waals surface area (Å²) in [6.45, 7) is 0. The van der Waals surface area contributed by atoms with Crippen molar-refractivity contribution in [1.29, 1.82) is 0 Å². The summed E-state index contributed by atoms with van der Waals surface area (Å²) < 4.78 is 176. The zero-order chi connectivity index (χ0) is 27.8. The molecule has 38 heavy (non-hydrogen) atoms. The fraction of sp³-hybridized carbons (Fsp3) is 0. The van der Waals surface area contributed by atoms with Crippen LogP contribution in [-0.2, 0) is 0 Å². The first-order chi connectivity index (χ1) is 17.9. The van der Waals surface area contributed by atoms with Gasteiger partial charge in [-0.25, -0.2) is 52.7 Å². The second kappa shape index (κ2) is 8.67. The highest BCUT2D eigenvalue weighted by molar-refractivity contribution is 6.22. The van der Waals surface area contributed by atoms with Crippen LogP contribution >= 0.6 is 0 Å².